The largest absolute Gasteiger partial charge is 0.450 e. The van der Waals surface area contributed by atoms with E-state index >= 15 is 0 Å². The van der Waals surface area contributed by atoms with Crippen LogP contribution in [0.15, 0.2) is 34.9 Å². The van der Waals surface area contributed by atoms with Gasteiger partial charge < -0.3 is 19.5 Å². The molecule has 7 nitrogen and oxygen atoms in total. The van der Waals surface area contributed by atoms with Gasteiger partial charge in [0.2, 0.25) is 0 Å². The first-order valence-corrected chi connectivity index (χ1v) is 7.79. The van der Waals surface area contributed by atoms with Gasteiger partial charge in [-0.2, -0.15) is 4.98 Å². The summed E-state index contributed by atoms with van der Waals surface area (Å²) in [6.07, 6.45) is 0.644. The molecule has 0 radical (unpaired) electrons. The summed E-state index contributed by atoms with van der Waals surface area (Å²) < 4.78 is 10.3. The number of ether oxygens (including phenoxy) is 1. The Morgan fingerprint density at radius 3 is 3.04 bits per heavy atom. The van der Waals surface area contributed by atoms with E-state index in [0.29, 0.717) is 38.0 Å². The molecule has 1 atom stereocenters. The minimum atomic E-state index is -0.247. The van der Waals surface area contributed by atoms with Gasteiger partial charge >= 0.3 is 6.09 Å². The standard InChI is InChI=1S/C16H20N4O3/c1-2-22-16(21)20-9-8-13(11-20)17-10-14-18-15(23-19-14)12-6-4-3-5-7-12/h3-7,13,17H,2,8-11H2,1H3/t13-/m0/s1. The Kier molecular flexibility index (Phi) is 4.87. The average molecular weight is 316 g/mol. The van der Waals surface area contributed by atoms with E-state index in [1.807, 2.05) is 37.3 Å². The Labute approximate surface area is 134 Å². The quantitative estimate of drug-likeness (QED) is 0.909. The molecule has 23 heavy (non-hydrogen) atoms. The summed E-state index contributed by atoms with van der Waals surface area (Å²) in [7, 11) is 0. The summed E-state index contributed by atoms with van der Waals surface area (Å²) in [5.74, 6) is 1.13. The molecule has 122 valence electrons. The topological polar surface area (TPSA) is 80.5 Å². The summed E-state index contributed by atoms with van der Waals surface area (Å²) in [6.45, 7) is 4.07. The van der Waals surface area contributed by atoms with Crippen molar-refractivity contribution in [2.24, 2.45) is 0 Å². The third-order valence-corrected chi connectivity index (χ3v) is 3.75. The number of aromatic nitrogens is 2. The first-order chi connectivity index (χ1) is 11.3. The van der Waals surface area contributed by atoms with Crippen molar-refractivity contribution in [3.05, 3.63) is 36.2 Å². The number of nitrogens with one attached hydrogen (secondary N) is 1. The lowest BCUT2D eigenvalue weighted by atomic mass is 10.2. The molecule has 1 aromatic carbocycles. The third kappa shape index (κ3) is 3.87. The molecule has 1 aromatic heterocycles. The van der Waals surface area contributed by atoms with Gasteiger partial charge in [-0.15, -0.1) is 0 Å². The van der Waals surface area contributed by atoms with Gasteiger partial charge in [0.25, 0.3) is 5.89 Å². The fourth-order valence-electron chi connectivity index (χ4n) is 2.57. The van der Waals surface area contributed by atoms with Gasteiger partial charge in [0.1, 0.15) is 0 Å². The van der Waals surface area contributed by atoms with Gasteiger partial charge in [-0.1, -0.05) is 23.4 Å². The second kappa shape index (κ2) is 7.23. The first-order valence-electron chi connectivity index (χ1n) is 7.79. The minimum absolute atomic E-state index is 0.220. The highest BCUT2D eigenvalue weighted by molar-refractivity contribution is 5.68. The molecule has 0 bridgehead atoms. The summed E-state index contributed by atoms with van der Waals surface area (Å²) in [6, 6.07) is 9.88. The average Bonchev–Trinajstić information content (AvgIpc) is 3.23. The van der Waals surface area contributed by atoms with Crippen LogP contribution >= 0.6 is 0 Å². The molecule has 0 unspecified atom stereocenters. The molecule has 0 saturated carbocycles. The molecule has 0 aliphatic carbocycles. The monoisotopic (exact) mass is 316 g/mol. The predicted octanol–water partition coefficient (Wildman–Crippen LogP) is 2.06. The highest BCUT2D eigenvalue weighted by Crippen LogP contribution is 2.16. The van der Waals surface area contributed by atoms with Crippen molar-refractivity contribution in [2.45, 2.75) is 25.9 Å². The molecule has 3 rings (SSSR count). The van der Waals surface area contributed by atoms with E-state index in [4.69, 9.17) is 9.26 Å². The van der Waals surface area contributed by atoms with E-state index in [-0.39, 0.29) is 12.1 Å². The number of carbonyl (C=O) groups excluding carboxylic acids is 1. The number of hydrogen-bond acceptors (Lipinski definition) is 6. The van der Waals surface area contributed by atoms with Crippen LogP contribution in [-0.2, 0) is 11.3 Å². The number of amides is 1. The second-order valence-electron chi connectivity index (χ2n) is 5.39. The molecule has 0 spiro atoms. The number of hydrogen-bond donors (Lipinski definition) is 1. The zero-order valence-corrected chi connectivity index (χ0v) is 13.1. The molecule has 7 heteroatoms. The molecule has 1 amide bonds. The van der Waals surface area contributed by atoms with E-state index < -0.39 is 0 Å². The van der Waals surface area contributed by atoms with Gasteiger partial charge in [-0.05, 0) is 25.5 Å². The van der Waals surface area contributed by atoms with Crippen molar-refractivity contribution in [1.82, 2.24) is 20.4 Å². The van der Waals surface area contributed by atoms with Gasteiger partial charge in [0, 0.05) is 24.7 Å². The lowest BCUT2D eigenvalue weighted by Crippen LogP contribution is -2.35. The summed E-state index contributed by atoms with van der Waals surface area (Å²) in [4.78, 5) is 17.8. The molecular weight excluding hydrogens is 296 g/mol. The van der Waals surface area contributed by atoms with Crippen LogP contribution in [0.2, 0.25) is 0 Å². The molecule has 1 saturated heterocycles. The van der Waals surface area contributed by atoms with Crippen LogP contribution in [0.25, 0.3) is 11.5 Å². The number of likely N-dealkylation sites (tertiary alicyclic amines) is 1. The second-order valence-corrected chi connectivity index (χ2v) is 5.39. The Balaban J connectivity index is 1.50. The lowest BCUT2D eigenvalue weighted by molar-refractivity contribution is 0.115. The van der Waals surface area contributed by atoms with Gasteiger partial charge in [-0.3, -0.25) is 0 Å². The Morgan fingerprint density at radius 1 is 1.43 bits per heavy atom. The van der Waals surface area contributed by atoms with Gasteiger partial charge in [-0.25, -0.2) is 4.79 Å². The number of benzene rings is 1. The predicted molar refractivity (Wildman–Crippen MR) is 83.6 cm³/mol. The number of rotatable bonds is 5. The normalized spacial score (nSPS) is 17.4. The van der Waals surface area contributed by atoms with Crippen LogP contribution < -0.4 is 5.32 Å². The molecule has 1 fully saturated rings. The molecule has 1 aliphatic rings. The van der Waals surface area contributed by atoms with E-state index in [2.05, 4.69) is 15.5 Å². The van der Waals surface area contributed by atoms with Crippen molar-refractivity contribution in [3.63, 3.8) is 0 Å². The van der Waals surface area contributed by atoms with Crippen molar-refractivity contribution in [2.75, 3.05) is 19.7 Å². The van der Waals surface area contributed by atoms with Crippen LogP contribution in [0.5, 0.6) is 0 Å². The maximum absolute atomic E-state index is 11.7. The highest BCUT2D eigenvalue weighted by atomic mass is 16.6. The Morgan fingerprint density at radius 2 is 2.26 bits per heavy atom. The van der Waals surface area contributed by atoms with Crippen LogP contribution in [0.4, 0.5) is 4.79 Å². The smallest absolute Gasteiger partial charge is 0.409 e. The van der Waals surface area contributed by atoms with Crippen molar-refractivity contribution < 1.29 is 14.1 Å². The maximum Gasteiger partial charge on any atom is 0.409 e. The zero-order chi connectivity index (χ0) is 16.1. The molecule has 2 aromatic rings. The van der Waals surface area contributed by atoms with Crippen LogP contribution in [0.1, 0.15) is 19.2 Å². The van der Waals surface area contributed by atoms with Crippen LogP contribution in [0.3, 0.4) is 0 Å². The molecule has 1 N–H and O–H groups in total. The fraction of sp³-hybridized carbons (Fsp3) is 0.438. The SMILES string of the molecule is CCOC(=O)N1CC[C@H](NCc2noc(-c3ccccc3)n2)C1. The van der Waals surface area contributed by atoms with Crippen molar-refractivity contribution >= 4 is 6.09 Å². The zero-order valence-electron chi connectivity index (χ0n) is 13.1. The van der Waals surface area contributed by atoms with Crippen molar-refractivity contribution in [1.29, 1.82) is 0 Å². The fourth-order valence-corrected chi connectivity index (χ4v) is 2.57. The molecule has 2 heterocycles. The highest BCUT2D eigenvalue weighted by Gasteiger charge is 2.26. The Hall–Kier alpha value is -2.41. The van der Waals surface area contributed by atoms with Gasteiger partial charge in [0.15, 0.2) is 5.82 Å². The summed E-state index contributed by atoms with van der Waals surface area (Å²) in [5, 5.41) is 7.34. The van der Waals surface area contributed by atoms with E-state index in [0.717, 1.165) is 12.0 Å². The Bertz CT molecular complexity index is 644. The first kappa shape index (κ1) is 15.5. The van der Waals surface area contributed by atoms with Crippen LogP contribution in [-0.4, -0.2) is 46.9 Å². The number of carbonyl (C=O) groups is 1. The number of nitrogens with zero attached hydrogens (tertiary/aromatic N) is 3. The van der Waals surface area contributed by atoms with Gasteiger partial charge in [0.05, 0.1) is 13.2 Å². The maximum atomic E-state index is 11.7. The van der Waals surface area contributed by atoms with E-state index in [1.54, 1.807) is 4.90 Å². The van der Waals surface area contributed by atoms with Crippen LogP contribution in [0, 0.1) is 0 Å². The molecular formula is C16H20N4O3. The van der Waals surface area contributed by atoms with E-state index in [1.165, 1.54) is 0 Å². The van der Waals surface area contributed by atoms with E-state index in [9.17, 15) is 4.79 Å². The lowest BCUT2D eigenvalue weighted by Gasteiger charge is -2.15. The third-order valence-electron chi connectivity index (χ3n) is 3.75. The summed E-state index contributed by atoms with van der Waals surface area (Å²) >= 11 is 0. The molecule has 1 aliphatic heterocycles. The minimum Gasteiger partial charge on any atom is -0.450 e. The summed E-state index contributed by atoms with van der Waals surface area (Å²) in [5.41, 5.74) is 0.903. The van der Waals surface area contributed by atoms with Crippen molar-refractivity contribution in [3.8, 4) is 11.5 Å².